The molecule has 0 aliphatic carbocycles. The second-order valence-electron chi connectivity index (χ2n) is 5.04. The summed E-state index contributed by atoms with van der Waals surface area (Å²) in [7, 11) is 0. The minimum Gasteiger partial charge on any atom is -0.466 e. The van der Waals surface area contributed by atoms with Crippen molar-refractivity contribution in [1.82, 2.24) is 14.9 Å². The molecule has 0 atom stereocenters. The third-order valence-electron chi connectivity index (χ3n) is 3.44. The molecule has 2 aromatic rings. The summed E-state index contributed by atoms with van der Waals surface area (Å²) in [6.45, 7) is 7.83. The number of nitrogens with zero attached hydrogens (tertiary/aromatic N) is 2. The zero-order valence-electron chi connectivity index (χ0n) is 12.7. The molecular weight excluding hydrogens is 270 g/mol. The van der Waals surface area contributed by atoms with Crippen LogP contribution in [0.1, 0.15) is 33.1 Å². The van der Waals surface area contributed by atoms with Crippen molar-refractivity contribution in [2.45, 2.75) is 34.2 Å². The quantitative estimate of drug-likeness (QED) is 0.925. The number of carbonyl (C=O) groups excluding carboxylic acids is 1. The monoisotopic (exact) mass is 289 g/mol. The van der Waals surface area contributed by atoms with Crippen LogP contribution in [0, 0.1) is 27.7 Å². The zero-order chi connectivity index (χ0) is 15.6. The summed E-state index contributed by atoms with van der Waals surface area (Å²) in [6.07, 6.45) is 1.50. The fraction of sp³-hybridized carbons (Fsp3) is 0.400. The number of amides is 1. The van der Waals surface area contributed by atoms with E-state index in [1.54, 1.807) is 33.8 Å². The van der Waals surface area contributed by atoms with E-state index in [9.17, 15) is 9.59 Å². The molecular formula is C15H19N3O3. The zero-order valence-corrected chi connectivity index (χ0v) is 12.7. The topological polar surface area (TPSA) is 77.1 Å². The first kappa shape index (κ1) is 15.0. The summed E-state index contributed by atoms with van der Waals surface area (Å²) in [5.41, 5.74) is 1.81. The third-order valence-corrected chi connectivity index (χ3v) is 3.44. The van der Waals surface area contributed by atoms with E-state index in [0.29, 0.717) is 35.7 Å². The van der Waals surface area contributed by atoms with Crippen LogP contribution in [0.5, 0.6) is 0 Å². The van der Waals surface area contributed by atoms with Gasteiger partial charge in [0.25, 0.3) is 11.5 Å². The normalized spacial score (nSPS) is 10.7. The summed E-state index contributed by atoms with van der Waals surface area (Å²) in [5.74, 6) is 1.09. The van der Waals surface area contributed by atoms with Crippen molar-refractivity contribution in [1.29, 1.82) is 0 Å². The van der Waals surface area contributed by atoms with Crippen LogP contribution in [0.15, 0.2) is 21.6 Å². The molecule has 2 heterocycles. The van der Waals surface area contributed by atoms with Gasteiger partial charge in [0.05, 0.1) is 11.9 Å². The van der Waals surface area contributed by atoms with E-state index in [1.165, 1.54) is 10.9 Å². The van der Waals surface area contributed by atoms with Crippen molar-refractivity contribution < 1.29 is 9.21 Å². The van der Waals surface area contributed by atoms with E-state index in [1.807, 2.05) is 0 Å². The lowest BCUT2D eigenvalue weighted by molar-refractivity contribution is 0.0950. The van der Waals surface area contributed by atoms with Gasteiger partial charge in [0, 0.05) is 24.3 Å². The number of furan rings is 1. The standard InChI is InChI=1S/C15H19N3O3/c1-9-7-13(12(4)21-9)14(19)16-5-6-18-8-17-11(3)10(2)15(18)20/h7-8H,5-6H2,1-4H3,(H,16,19). The molecule has 0 radical (unpaired) electrons. The van der Waals surface area contributed by atoms with Gasteiger partial charge in [-0.15, -0.1) is 0 Å². The van der Waals surface area contributed by atoms with Crippen molar-refractivity contribution in [3.05, 3.63) is 51.1 Å². The molecule has 0 spiro atoms. The summed E-state index contributed by atoms with van der Waals surface area (Å²) >= 11 is 0. The van der Waals surface area contributed by atoms with Crippen molar-refractivity contribution in [2.24, 2.45) is 0 Å². The Morgan fingerprint density at radius 1 is 1.33 bits per heavy atom. The summed E-state index contributed by atoms with van der Waals surface area (Å²) < 4.78 is 6.82. The molecule has 6 nitrogen and oxygen atoms in total. The van der Waals surface area contributed by atoms with Gasteiger partial charge in [-0.25, -0.2) is 4.98 Å². The minimum absolute atomic E-state index is 0.0768. The summed E-state index contributed by atoms with van der Waals surface area (Å²) in [5, 5.41) is 2.78. The highest BCUT2D eigenvalue weighted by molar-refractivity contribution is 5.95. The first-order chi connectivity index (χ1) is 9.90. The van der Waals surface area contributed by atoms with E-state index in [-0.39, 0.29) is 11.5 Å². The molecule has 0 unspecified atom stereocenters. The number of hydrogen-bond donors (Lipinski definition) is 1. The Morgan fingerprint density at radius 2 is 2.05 bits per heavy atom. The second-order valence-corrected chi connectivity index (χ2v) is 5.04. The fourth-order valence-corrected chi connectivity index (χ4v) is 2.08. The molecule has 1 N–H and O–H groups in total. The Balaban J connectivity index is 1.99. The highest BCUT2D eigenvalue weighted by atomic mass is 16.3. The van der Waals surface area contributed by atoms with Gasteiger partial charge in [-0.1, -0.05) is 0 Å². The number of hydrogen-bond acceptors (Lipinski definition) is 4. The lowest BCUT2D eigenvalue weighted by atomic mass is 10.2. The number of carbonyl (C=O) groups is 1. The van der Waals surface area contributed by atoms with Gasteiger partial charge in [0.15, 0.2) is 0 Å². The SMILES string of the molecule is Cc1cc(C(=O)NCCn2cnc(C)c(C)c2=O)c(C)o1. The number of aromatic nitrogens is 2. The molecule has 6 heteroatoms. The Bertz CT molecular complexity index is 728. The molecule has 2 rings (SSSR count). The third kappa shape index (κ3) is 3.21. The van der Waals surface area contributed by atoms with Crippen LogP contribution in [0.3, 0.4) is 0 Å². The fourth-order valence-electron chi connectivity index (χ4n) is 2.08. The van der Waals surface area contributed by atoms with Crippen molar-refractivity contribution in [3.63, 3.8) is 0 Å². The van der Waals surface area contributed by atoms with Gasteiger partial charge in [-0.3, -0.25) is 14.2 Å². The van der Waals surface area contributed by atoms with Gasteiger partial charge < -0.3 is 9.73 Å². The molecule has 21 heavy (non-hydrogen) atoms. The van der Waals surface area contributed by atoms with E-state index in [0.717, 1.165) is 5.69 Å². The van der Waals surface area contributed by atoms with Crippen LogP contribution in [0.2, 0.25) is 0 Å². The van der Waals surface area contributed by atoms with E-state index < -0.39 is 0 Å². The Morgan fingerprint density at radius 3 is 2.67 bits per heavy atom. The highest BCUT2D eigenvalue weighted by Crippen LogP contribution is 2.13. The summed E-state index contributed by atoms with van der Waals surface area (Å²) in [4.78, 5) is 28.1. The van der Waals surface area contributed by atoms with Crippen LogP contribution in [0.4, 0.5) is 0 Å². The average Bonchev–Trinajstić information content (AvgIpc) is 2.77. The maximum Gasteiger partial charge on any atom is 0.256 e. The average molecular weight is 289 g/mol. The lowest BCUT2D eigenvalue weighted by Gasteiger charge is -2.08. The van der Waals surface area contributed by atoms with Crippen LogP contribution < -0.4 is 10.9 Å². The number of rotatable bonds is 4. The highest BCUT2D eigenvalue weighted by Gasteiger charge is 2.13. The Labute approximate surface area is 122 Å². The second kappa shape index (κ2) is 5.95. The summed E-state index contributed by atoms with van der Waals surface area (Å²) in [6, 6.07) is 1.70. The van der Waals surface area contributed by atoms with Crippen molar-refractivity contribution in [3.8, 4) is 0 Å². The predicted molar refractivity (Wildman–Crippen MR) is 78.5 cm³/mol. The molecule has 112 valence electrons. The molecule has 0 saturated heterocycles. The van der Waals surface area contributed by atoms with Crippen LogP contribution in [-0.4, -0.2) is 22.0 Å². The van der Waals surface area contributed by atoms with Gasteiger partial charge in [-0.2, -0.15) is 0 Å². The molecule has 0 saturated carbocycles. The molecule has 2 aromatic heterocycles. The van der Waals surface area contributed by atoms with Crippen molar-refractivity contribution >= 4 is 5.91 Å². The Hall–Kier alpha value is -2.37. The Kier molecular flexibility index (Phi) is 4.26. The largest absolute Gasteiger partial charge is 0.466 e. The van der Waals surface area contributed by atoms with Gasteiger partial charge >= 0.3 is 0 Å². The van der Waals surface area contributed by atoms with Gasteiger partial charge in [-0.05, 0) is 33.8 Å². The predicted octanol–water partition coefficient (Wildman–Crippen LogP) is 1.50. The van der Waals surface area contributed by atoms with Crippen LogP contribution >= 0.6 is 0 Å². The molecule has 1 amide bonds. The maximum atomic E-state index is 12.0. The van der Waals surface area contributed by atoms with E-state index in [2.05, 4.69) is 10.3 Å². The number of nitrogens with one attached hydrogen (secondary N) is 1. The lowest BCUT2D eigenvalue weighted by Crippen LogP contribution is -2.32. The molecule has 0 aromatic carbocycles. The van der Waals surface area contributed by atoms with Crippen LogP contribution in [-0.2, 0) is 6.54 Å². The molecule has 0 aliphatic heterocycles. The van der Waals surface area contributed by atoms with Crippen LogP contribution in [0.25, 0.3) is 0 Å². The molecule has 0 fully saturated rings. The van der Waals surface area contributed by atoms with Gasteiger partial charge in [0.1, 0.15) is 11.5 Å². The maximum absolute atomic E-state index is 12.0. The van der Waals surface area contributed by atoms with E-state index in [4.69, 9.17) is 4.42 Å². The minimum atomic E-state index is -0.200. The first-order valence-corrected chi connectivity index (χ1v) is 6.78. The molecule has 0 aliphatic rings. The number of aryl methyl sites for hydroxylation is 3. The molecule has 0 bridgehead atoms. The van der Waals surface area contributed by atoms with Gasteiger partial charge in [0.2, 0.25) is 0 Å². The smallest absolute Gasteiger partial charge is 0.256 e. The van der Waals surface area contributed by atoms with E-state index >= 15 is 0 Å². The first-order valence-electron chi connectivity index (χ1n) is 6.78. The van der Waals surface area contributed by atoms with Crippen molar-refractivity contribution in [2.75, 3.05) is 6.54 Å².